The van der Waals surface area contributed by atoms with Crippen molar-refractivity contribution < 1.29 is 32.3 Å². The Bertz CT molecular complexity index is 1320. The van der Waals surface area contributed by atoms with E-state index < -0.39 is 41.7 Å². The molecule has 0 radical (unpaired) electrons. The Labute approximate surface area is 217 Å². The summed E-state index contributed by atoms with van der Waals surface area (Å²) in [6.45, 7) is 0.225. The number of nitriles is 1. The topological polar surface area (TPSA) is 103 Å². The lowest BCUT2D eigenvalue weighted by Gasteiger charge is -2.35. The zero-order valence-corrected chi connectivity index (χ0v) is 20.3. The Kier molecular flexibility index (Phi) is 6.97. The van der Waals surface area contributed by atoms with Crippen LogP contribution >= 0.6 is 0 Å². The predicted molar refractivity (Wildman–Crippen MR) is 127 cm³/mol. The maximum Gasteiger partial charge on any atom is 0.418 e. The highest BCUT2D eigenvalue weighted by Gasteiger charge is 2.43. The van der Waals surface area contributed by atoms with E-state index in [1.165, 1.54) is 18.2 Å². The molecule has 8 nitrogen and oxygen atoms in total. The molecule has 1 aliphatic carbocycles. The van der Waals surface area contributed by atoms with E-state index in [0.29, 0.717) is 31.4 Å². The van der Waals surface area contributed by atoms with Gasteiger partial charge < -0.3 is 15.0 Å². The van der Waals surface area contributed by atoms with Gasteiger partial charge in [0.2, 0.25) is 5.91 Å². The molecule has 198 valence electrons. The third kappa shape index (κ3) is 4.78. The van der Waals surface area contributed by atoms with Crippen LogP contribution in [0.5, 0.6) is 0 Å². The number of hydrogen-bond donors (Lipinski definition) is 1. The number of hydrogen-bond acceptors (Lipinski definition) is 5. The Morgan fingerprint density at radius 2 is 1.76 bits per heavy atom. The smallest absolute Gasteiger partial charge is 0.418 e. The fraction of sp³-hybridized carbons (Fsp3) is 0.407. The quantitative estimate of drug-likeness (QED) is 0.632. The summed E-state index contributed by atoms with van der Waals surface area (Å²) in [7, 11) is 0. The summed E-state index contributed by atoms with van der Waals surface area (Å²) >= 11 is 0. The number of urea groups is 1. The van der Waals surface area contributed by atoms with Gasteiger partial charge in [0.05, 0.1) is 11.6 Å². The largest absolute Gasteiger partial charge is 0.446 e. The first-order valence-electron chi connectivity index (χ1n) is 12.5. The average Bonchev–Trinajstić information content (AvgIpc) is 3.48. The molecule has 1 N–H and O–H groups in total. The number of benzene rings is 2. The normalized spacial score (nSPS) is 25.3. The number of likely N-dealkylation sites (tertiary alicyclic amines) is 1. The van der Waals surface area contributed by atoms with Crippen LogP contribution in [-0.2, 0) is 9.53 Å². The molecule has 5 rings (SSSR count). The molecule has 2 aromatic carbocycles. The van der Waals surface area contributed by atoms with Crippen LogP contribution in [0.1, 0.15) is 60.8 Å². The molecule has 0 spiro atoms. The second-order valence-corrected chi connectivity index (χ2v) is 9.81. The lowest BCUT2D eigenvalue weighted by atomic mass is 9.80. The molecule has 2 aromatic rings. The van der Waals surface area contributed by atoms with Gasteiger partial charge in [0.25, 0.3) is 0 Å². The molecular formula is C27H25F3N4O4. The van der Waals surface area contributed by atoms with Crippen LogP contribution in [0.2, 0.25) is 0 Å². The van der Waals surface area contributed by atoms with Crippen molar-refractivity contribution in [2.75, 3.05) is 13.2 Å². The lowest BCUT2D eigenvalue weighted by Crippen LogP contribution is -2.50. The summed E-state index contributed by atoms with van der Waals surface area (Å²) in [4.78, 5) is 40.9. The molecule has 2 atom stereocenters. The average molecular weight is 527 g/mol. The number of cyclic esters (lactones) is 1. The fourth-order valence-corrected chi connectivity index (χ4v) is 5.71. The first kappa shape index (κ1) is 25.6. The maximum atomic E-state index is 13.7. The number of amides is 4. The Hall–Kier alpha value is -4.07. The summed E-state index contributed by atoms with van der Waals surface area (Å²) in [5.41, 5.74) is 1.34. The first-order chi connectivity index (χ1) is 18.3. The van der Waals surface area contributed by atoms with Crippen molar-refractivity contribution in [1.29, 1.82) is 5.26 Å². The monoisotopic (exact) mass is 526 g/mol. The molecule has 11 heteroatoms. The molecule has 0 unspecified atom stereocenters. The molecule has 3 fully saturated rings. The van der Waals surface area contributed by atoms with Crippen LogP contribution in [0.25, 0.3) is 0 Å². The highest BCUT2D eigenvalue weighted by atomic mass is 19.2. The number of rotatable bonds is 4. The van der Waals surface area contributed by atoms with Gasteiger partial charge >= 0.3 is 12.1 Å². The zero-order valence-electron chi connectivity index (χ0n) is 20.3. The number of halogens is 3. The number of nitrogens with zero attached hydrogens (tertiary/aromatic N) is 3. The summed E-state index contributed by atoms with van der Waals surface area (Å²) in [6, 6.07) is 6.75. The van der Waals surface area contributed by atoms with E-state index in [1.54, 1.807) is 11.0 Å². The van der Waals surface area contributed by atoms with Gasteiger partial charge in [0.15, 0.2) is 11.6 Å². The molecule has 2 aliphatic heterocycles. The highest BCUT2D eigenvalue weighted by molar-refractivity contribution is 5.96. The molecule has 0 bridgehead atoms. The summed E-state index contributed by atoms with van der Waals surface area (Å²) in [6.07, 6.45) is 2.31. The first-order valence-corrected chi connectivity index (χ1v) is 12.5. The number of carbonyl (C=O) groups excluding carboxylic acids is 3. The number of nitrogens with one attached hydrogen (secondary N) is 1. The predicted octanol–water partition coefficient (Wildman–Crippen LogP) is 4.51. The van der Waals surface area contributed by atoms with Crippen molar-refractivity contribution in [3.63, 3.8) is 0 Å². The maximum absolute atomic E-state index is 13.7. The van der Waals surface area contributed by atoms with Gasteiger partial charge in [-0.25, -0.2) is 27.7 Å². The minimum absolute atomic E-state index is 0.0293. The van der Waals surface area contributed by atoms with Crippen LogP contribution in [0.4, 0.5) is 22.8 Å². The molecule has 0 aromatic heterocycles. The molecule has 2 saturated heterocycles. The third-order valence-electron chi connectivity index (χ3n) is 7.67. The third-order valence-corrected chi connectivity index (χ3v) is 7.67. The number of ether oxygens (including phenoxy) is 1. The molecular weight excluding hydrogens is 501 g/mol. The Morgan fingerprint density at radius 1 is 1.00 bits per heavy atom. The van der Waals surface area contributed by atoms with Gasteiger partial charge in [0.1, 0.15) is 24.5 Å². The highest BCUT2D eigenvalue weighted by Crippen LogP contribution is 2.37. The van der Waals surface area contributed by atoms with E-state index in [1.807, 2.05) is 0 Å². The minimum Gasteiger partial charge on any atom is -0.446 e. The van der Waals surface area contributed by atoms with Crippen molar-refractivity contribution in [3.05, 3.63) is 70.5 Å². The molecule has 4 amide bonds. The van der Waals surface area contributed by atoms with E-state index in [-0.39, 0.29) is 30.0 Å². The van der Waals surface area contributed by atoms with E-state index in [9.17, 15) is 32.8 Å². The van der Waals surface area contributed by atoms with Gasteiger partial charge in [-0.05, 0) is 73.4 Å². The van der Waals surface area contributed by atoms with E-state index >= 15 is 0 Å². The van der Waals surface area contributed by atoms with Gasteiger partial charge in [-0.2, -0.15) is 5.26 Å². The van der Waals surface area contributed by atoms with E-state index in [2.05, 4.69) is 11.4 Å². The second kappa shape index (κ2) is 10.4. The molecule has 2 heterocycles. The Balaban J connectivity index is 1.20. The van der Waals surface area contributed by atoms with Crippen LogP contribution in [-0.4, -0.2) is 53.1 Å². The SMILES string of the molecule is N#Cc1cc(F)ccc1C1CCC(N2CC[C@@H](NC(=O)N3C(=O)OC[C@@H]3c3ccc(F)c(F)c3)C2=O)CC1. The van der Waals surface area contributed by atoms with Gasteiger partial charge in [-0.1, -0.05) is 12.1 Å². The zero-order chi connectivity index (χ0) is 27.0. The number of carbonyl (C=O) groups is 3. The molecule has 38 heavy (non-hydrogen) atoms. The second-order valence-electron chi connectivity index (χ2n) is 9.81. The van der Waals surface area contributed by atoms with Crippen LogP contribution in [0.3, 0.4) is 0 Å². The van der Waals surface area contributed by atoms with Crippen molar-refractivity contribution in [3.8, 4) is 6.07 Å². The summed E-state index contributed by atoms with van der Waals surface area (Å²) < 4.78 is 45.6. The molecule has 3 aliphatic rings. The van der Waals surface area contributed by atoms with Crippen molar-refractivity contribution >= 4 is 18.0 Å². The molecule has 1 saturated carbocycles. The van der Waals surface area contributed by atoms with Crippen molar-refractivity contribution in [2.45, 2.75) is 56.1 Å². The standard InChI is InChI=1S/C27H25F3N4O4/c28-18-4-7-20(17(11-18)13-31)15-1-5-19(6-2-15)33-10-9-23(25(33)35)32-26(36)34-24(14-38-27(34)37)16-3-8-21(29)22(30)12-16/h3-4,7-8,11-12,15,19,23-24H,1-2,5-6,9-10,14H2,(H,32,36)/t15?,19?,23-,24-/m1/s1. The summed E-state index contributed by atoms with van der Waals surface area (Å²) in [5, 5.41) is 12.0. The van der Waals surface area contributed by atoms with Gasteiger partial charge in [0, 0.05) is 12.6 Å². The van der Waals surface area contributed by atoms with Crippen LogP contribution < -0.4 is 5.32 Å². The van der Waals surface area contributed by atoms with E-state index in [4.69, 9.17) is 4.74 Å². The van der Waals surface area contributed by atoms with Crippen molar-refractivity contribution in [2.24, 2.45) is 0 Å². The van der Waals surface area contributed by atoms with Gasteiger partial charge in [-0.15, -0.1) is 0 Å². The Morgan fingerprint density at radius 3 is 2.47 bits per heavy atom. The van der Waals surface area contributed by atoms with Crippen LogP contribution in [0, 0.1) is 28.8 Å². The number of imide groups is 1. The minimum atomic E-state index is -1.11. The van der Waals surface area contributed by atoms with E-state index in [0.717, 1.165) is 35.4 Å². The van der Waals surface area contributed by atoms with Crippen molar-refractivity contribution in [1.82, 2.24) is 15.1 Å². The lowest BCUT2D eigenvalue weighted by molar-refractivity contribution is -0.131. The van der Waals surface area contributed by atoms with Crippen LogP contribution in [0.15, 0.2) is 36.4 Å². The summed E-state index contributed by atoms with van der Waals surface area (Å²) in [5.74, 6) is -2.76. The fourth-order valence-electron chi connectivity index (χ4n) is 5.71. The van der Waals surface area contributed by atoms with Gasteiger partial charge in [-0.3, -0.25) is 4.79 Å².